The summed E-state index contributed by atoms with van der Waals surface area (Å²) in [4.78, 5) is 17.9. The van der Waals surface area contributed by atoms with E-state index in [-0.39, 0.29) is 11.7 Å². The third kappa shape index (κ3) is 3.32. The van der Waals surface area contributed by atoms with Gasteiger partial charge in [0.05, 0.1) is 11.9 Å². The fraction of sp³-hybridized carbons (Fsp3) is 0.200. The fourth-order valence-electron chi connectivity index (χ4n) is 1.88. The molecule has 0 aliphatic heterocycles. The summed E-state index contributed by atoms with van der Waals surface area (Å²) in [5.41, 5.74) is 7.13. The first-order chi connectivity index (χ1) is 9.60. The second kappa shape index (κ2) is 6.14. The van der Waals surface area contributed by atoms with Crippen LogP contribution in [-0.4, -0.2) is 22.3 Å². The molecule has 0 aliphatic rings. The van der Waals surface area contributed by atoms with Gasteiger partial charge in [-0.05, 0) is 36.8 Å². The number of aromatic nitrogens is 1. The molecule has 20 heavy (non-hydrogen) atoms. The number of benzene rings is 1. The van der Waals surface area contributed by atoms with Crippen molar-refractivity contribution in [3.05, 3.63) is 59.7 Å². The zero-order chi connectivity index (χ0) is 14.5. The van der Waals surface area contributed by atoms with Gasteiger partial charge in [-0.1, -0.05) is 12.1 Å². The first-order valence-electron chi connectivity index (χ1n) is 6.35. The Morgan fingerprint density at radius 2 is 2.15 bits per heavy atom. The lowest BCUT2D eigenvalue weighted by Crippen LogP contribution is -2.31. The molecule has 1 aromatic carbocycles. The Morgan fingerprint density at radius 3 is 2.75 bits per heavy atom. The van der Waals surface area contributed by atoms with Gasteiger partial charge >= 0.3 is 0 Å². The molecule has 0 unspecified atom stereocenters. The van der Waals surface area contributed by atoms with Gasteiger partial charge in [0.1, 0.15) is 11.5 Å². The van der Waals surface area contributed by atoms with E-state index in [9.17, 15) is 9.18 Å². The summed E-state index contributed by atoms with van der Waals surface area (Å²) >= 11 is 0. The number of carbonyl (C=O) groups excluding carboxylic acids is 1. The van der Waals surface area contributed by atoms with Gasteiger partial charge in [-0.15, -0.1) is 0 Å². The van der Waals surface area contributed by atoms with E-state index in [1.165, 1.54) is 18.3 Å². The SMILES string of the molecule is CCN(Cc1cccc(F)c1)C(=O)c1ccc(N)cn1. The van der Waals surface area contributed by atoms with E-state index < -0.39 is 0 Å². The number of hydrogen-bond acceptors (Lipinski definition) is 3. The molecular weight excluding hydrogens is 257 g/mol. The lowest BCUT2D eigenvalue weighted by molar-refractivity contribution is 0.0746. The zero-order valence-electron chi connectivity index (χ0n) is 11.2. The van der Waals surface area contributed by atoms with Crippen molar-refractivity contribution >= 4 is 11.6 Å². The summed E-state index contributed by atoms with van der Waals surface area (Å²) in [7, 11) is 0. The molecule has 1 amide bonds. The van der Waals surface area contributed by atoms with Gasteiger partial charge in [-0.25, -0.2) is 9.37 Å². The number of rotatable bonds is 4. The van der Waals surface area contributed by atoms with Crippen LogP contribution in [0.5, 0.6) is 0 Å². The highest BCUT2D eigenvalue weighted by atomic mass is 19.1. The van der Waals surface area contributed by atoms with Crippen LogP contribution in [0.1, 0.15) is 23.0 Å². The van der Waals surface area contributed by atoms with Crippen LogP contribution in [0.4, 0.5) is 10.1 Å². The minimum absolute atomic E-state index is 0.197. The second-order valence-corrected chi connectivity index (χ2v) is 4.43. The summed E-state index contributed by atoms with van der Waals surface area (Å²) in [6.07, 6.45) is 1.45. The van der Waals surface area contributed by atoms with Gasteiger partial charge in [0, 0.05) is 13.1 Å². The number of amides is 1. The van der Waals surface area contributed by atoms with Crippen molar-refractivity contribution in [3.8, 4) is 0 Å². The molecule has 2 N–H and O–H groups in total. The van der Waals surface area contributed by atoms with E-state index in [1.54, 1.807) is 29.2 Å². The van der Waals surface area contributed by atoms with E-state index >= 15 is 0 Å². The summed E-state index contributed by atoms with van der Waals surface area (Å²) in [5.74, 6) is -0.506. The van der Waals surface area contributed by atoms with Crippen molar-refractivity contribution < 1.29 is 9.18 Å². The molecule has 0 saturated carbocycles. The highest BCUT2D eigenvalue weighted by Crippen LogP contribution is 2.11. The van der Waals surface area contributed by atoms with E-state index in [4.69, 9.17) is 5.73 Å². The average molecular weight is 273 g/mol. The number of halogens is 1. The zero-order valence-corrected chi connectivity index (χ0v) is 11.2. The monoisotopic (exact) mass is 273 g/mol. The molecule has 0 aliphatic carbocycles. The number of nitrogens with zero attached hydrogens (tertiary/aromatic N) is 2. The number of pyridine rings is 1. The lowest BCUT2D eigenvalue weighted by atomic mass is 10.2. The molecule has 0 fully saturated rings. The topological polar surface area (TPSA) is 59.2 Å². The van der Waals surface area contributed by atoms with Gasteiger partial charge in [0.2, 0.25) is 0 Å². The maximum absolute atomic E-state index is 13.2. The van der Waals surface area contributed by atoms with E-state index in [0.29, 0.717) is 24.5 Å². The van der Waals surface area contributed by atoms with Crippen molar-refractivity contribution in [1.29, 1.82) is 0 Å². The lowest BCUT2D eigenvalue weighted by Gasteiger charge is -2.20. The normalized spacial score (nSPS) is 10.3. The van der Waals surface area contributed by atoms with Crippen LogP contribution in [0.15, 0.2) is 42.6 Å². The van der Waals surface area contributed by atoms with Gasteiger partial charge in [0.15, 0.2) is 0 Å². The Morgan fingerprint density at radius 1 is 1.35 bits per heavy atom. The third-order valence-electron chi connectivity index (χ3n) is 2.94. The largest absolute Gasteiger partial charge is 0.397 e. The quantitative estimate of drug-likeness (QED) is 0.931. The summed E-state index contributed by atoms with van der Waals surface area (Å²) in [5, 5.41) is 0. The van der Waals surface area contributed by atoms with E-state index in [0.717, 1.165) is 5.56 Å². The van der Waals surface area contributed by atoms with Gasteiger partial charge in [0.25, 0.3) is 5.91 Å². The molecule has 2 aromatic rings. The van der Waals surface area contributed by atoms with Crippen LogP contribution in [0.2, 0.25) is 0 Å². The first-order valence-corrected chi connectivity index (χ1v) is 6.35. The Labute approximate surface area is 117 Å². The molecule has 0 atom stereocenters. The molecule has 5 heteroatoms. The highest BCUT2D eigenvalue weighted by molar-refractivity contribution is 5.92. The van der Waals surface area contributed by atoms with Crippen molar-refractivity contribution in [2.75, 3.05) is 12.3 Å². The number of anilines is 1. The smallest absolute Gasteiger partial charge is 0.272 e. The minimum Gasteiger partial charge on any atom is -0.397 e. The van der Waals surface area contributed by atoms with E-state index in [1.807, 2.05) is 6.92 Å². The van der Waals surface area contributed by atoms with Crippen LogP contribution >= 0.6 is 0 Å². The van der Waals surface area contributed by atoms with Crippen LogP contribution in [-0.2, 0) is 6.54 Å². The summed E-state index contributed by atoms with van der Waals surface area (Å²) in [6, 6.07) is 9.44. The van der Waals surface area contributed by atoms with Crippen LogP contribution in [0.25, 0.3) is 0 Å². The third-order valence-corrected chi connectivity index (χ3v) is 2.94. The second-order valence-electron chi connectivity index (χ2n) is 4.43. The predicted molar refractivity (Wildman–Crippen MR) is 75.5 cm³/mol. The molecule has 1 heterocycles. The number of nitrogen functional groups attached to an aromatic ring is 1. The van der Waals surface area contributed by atoms with Crippen LogP contribution in [0, 0.1) is 5.82 Å². The van der Waals surface area contributed by atoms with Crippen molar-refractivity contribution in [3.63, 3.8) is 0 Å². The summed E-state index contributed by atoms with van der Waals surface area (Å²) in [6.45, 7) is 2.73. The summed E-state index contributed by atoms with van der Waals surface area (Å²) < 4.78 is 13.2. The highest BCUT2D eigenvalue weighted by Gasteiger charge is 2.15. The maximum Gasteiger partial charge on any atom is 0.272 e. The van der Waals surface area contributed by atoms with Crippen molar-refractivity contribution in [2.45, 2.75) is 13.5 Å². The Hall–Kier alpha value is -2.43. The van der Waals surface area contributed by atoms with Gasteiger partial charge in [-0.2, -0.15) is 0 Å². The molecule has 104 valence electrons. The van der Waals surface area contributed by atoms with Crippen LogP contribution < -0.4 is 5.73 Å². The Balaban J connectivity index is 2.15. The van der Waals surface area contributed by atoms with Crippen molar-refractivity contribution in [2.24, 2.45) is 0 Å². The van der Waals surface area contributed by atoms with Gasteiger partial charge in [-0.3, -0.25) is 4.79 Å². The van der Waals surface area contributed by atoms with Gasteiger partial charge < -0.3 is 10.6 Å². The molecular formula is C15H16FN3O. The molecule has 2 rings (SSSR count). The first kappa shape index (κ1) is 14.0. The molecule has 0 saturated heterocycles. The predicted octanol–water partition coefficient (Wildman–Crippen LogP) is 2.47. The van der Waals surface area contributed by atoms with E-state index in [2.05, 4.69) is 4.98 Å². The fourth-order valence-corrected chi connectivity index (χ4v) is 1.88. The van der Waals surface area contributed by atoms with Crippen molar-refractivity contribution in [1.82, 2.24) is 9.88 Å². The maximum atomic E-state index is 13.2. The molecule has 4 nitrogen and oxygen atoms in total. The van der Waals surface area contributed by atoms with Crippen LogP contribution in [0.3, 0.4) is 0 Å². The molecule has 0 radical (unpaired) electrons. The standard InChI is InChI=1S/C15H16FN3O/c1-2-19(10-11-4-3-5-12(16)8-11)15(20)14-7-6-13(17)9-18-14/h3-9H,2,10,17H2,1H3. The Bertz CT molecular complexity index is 598. The Kier molecular flexibility index (Phi) is 4.30. The number of nitrogens with two attached hydrogens (primary N) is 1. The number of hydrogen-bond donors (Lipinski definition) is 1. The molecule has 0 bridgehead atoms. The molecule has 1 aromatic heterocycles. The molecule has 0 spiro atoms. The number of carbonyl (C=O) groups is 1. The minimum atomic E-state index is -0.309. The average Bonchev–Trinajstić information content (AvgIpc) is 2.45.